The van der Waals surface area contributed by atoms with Gasteiger partial charge in [-0.3, -0.25) is 4.79 Å². The van der Waals surface area contributed by atoms with Crippen molar-refractivity contribution in [1.82, 2.24) is 15.5 Å². The van der Waals surface area contributed by atoms with Crippen LogP contribution in [0.1, 0.15) is 22.2 Å². The summed E-state index contributed by atoms with van der Waals surface area (Å²) in [5, 5.41) is 6.66. The highest BCUT2D eigenvalue weighted by molar-refractivity contribution is 14.0. The molecule has 2 aromatic rings. The summed E-state index contributed by atoms with van der Waals surface area (Å²) in [5.41, 5.74) is 1.27. The first-order valence-corrected chi connectivity index (χ1v) is 9.74. The highest BCUT2D eigenvalue weighted by Crippen LogP contribution is 2.16. The summed E-state index contributed by atoms with van der Waals surface area (Å²) in [6.07, 6.45) is 1.96. The molecule has 1 heterocycles. The van der Waals surface area contributed by atoms with Gasteiger partial charge in [0.1, 0.15) is 6.54 Å². The van der Waals surface area contributed by atoms with Crippen LogP contribution >= 0.6 is 35.3 Å². The zero-order valence-electron chi connectivity index (χ0n) is 16.2. The van der Waals surface area contributed by atoms with Crippen molar-refractivity contribution in [3.63, 3.8) is 0 Å². The number of benzene rings is 1. The van der Waals surface area contributed by atoms with Gasteiger partial charge in [-0.1, -0.05) is 37.3 Å². The molecule has 2 N–H and O–H groups in total. The zero-order chi connectivity index (χ0) is 18.8. The Morgan fingerprint density at radius 1 is 1.07 bits per heavy atom. The SMILES string of the molecule is CCc1ccc(CNC(=NCC(=O)N(C)C)NCCc2ccccc2)s1.I. The number of carbonyl (C=O) groups excluding carboxylic acids is 1. The van der Waals surface area contributed by atoms with E-state index in [4.69, 9.17) is 0 Å². The molecule has 27 heavy (non-hydrogen) atoms. The van der Waals surface area contributed by atoms with Crippen LogP contribution < -0.4 is 10.6 Å². The standard InChI is InChI=1S/C20H28N4OS.HI/c1-4-17-10-11-18(26-17)14-22-20(23-15-19(25)24(2)3)21-13-12-16-8-6-5-7-9-16;/h5-11H,4,12-15H2,1-3H3,(H2,21,22,23);1H. The van der Waals surface area contributed by atoms with Gasteiger partial charge in [-0.05, 0) is 30.5 Å². The molecule has 0 saturated heterocycles. The van der Waals surface area contributed by atoms with E-state index in [1.165, 1.54) is 15.3 Å². The fourth-order valence-corrected chi connectivity index (χ4v) is 3.21. The summed E-state index contributed by atoms with van der Waals surface area (Å²) >= 11 is 1.80. The van der Waals surface area contributed by atoms with Gasteiger partial charge < -0.3 is 15.5 Å². The molecule has 7 heteroatoms. The largest absolute Gasteiger partial charge is 0.356 e. The molecule has 5 nitrogen and oxygen atoms in total. The minimum Gasteiger partial charge on any atom is -0.356 e. The van der Waals surface area contributed by atoms with Crippen LogP contribution in [0.25, 0.3) is 0 Å². The van der Waals surface area contributed by atoms with Crippen molar-refractivity contribution < 1.29 is 4.79 Å². The van der Waals surface area contributed by atoms with Gasteiger partial charge in [-0.15, -0.1) is 35.3 Å². The summed E-state index contributed by atoms with van der Waals surface area (Å²) in [6, 6.07) is 14.6. The molecule has 1 aromatic heterocycles. The Bertz CT molecular complexity index is 716. The summed E-state index contributed by atoms with van der Waals surface area (Å²) in [6.45, 7) is 3.76. The number of aryl methyl sites for hydroxylation is 1. The molecular weight excluding hydrogens is 471 g/mol. The molecule has 0 bridgehead atoms. The quantitative estimate of drug-likeness (QED) is 0.332. The molecule has 0 unspecified atom stereocenters. The van der Waals surface area contributed by atoms with Gasteiger partial charge in [0.2, 0.25) is 5.91 Å². The Kier molecular flexibility index (Phi) is 11.0. The average Bonchev–Trinajstić information content (AvgIpc) is 3.12. The molecule has 148 valence electrons. The third kappa shape index (κ3) is 8.75. The van der Waals surface area contributed by atoms with Crippen LogP contribution in [0.3, 0.4) is 0 Å². The van der Waals surface area contributed by atoms with Gasteiger partial charge in [0.25, 0.3) is 0 Å². The Labute approximate surface area is 183 Å². The molecule has 0 saturated carbocycles. The monoisotopic (exact) mass is 500 g/mol. The van der Waals surface area contributed by atoms with E-state index >= 15 is 0 Å². The van der Waals surface area contributed by atoms with Gasteiger partial charge in [0, 0.05) is 30.4 Å². The Morgan fingerprint density at radius 2 is 1.78 bits per heavy atom. The number of amides is 1. The van der Waals surface area contributed by atoms with E-state index in [1.807, 2.05) is 18.2 Å². The molecule has 0 aliphatic rings. The van der Waals surface area contributed by atoms with E-state index in [0.717, 1.165) is 19.4 Å². The molecule has 0 spiro atoms. The zero-order valence-corrected chi connectivity index (χ0v) is 19.3. The Hall–Kier alpha value is -1.61. The van der Waals surface area contributed by atoms with Crippen LogP contribution in [0.15, 0.2) is 47.5 Å². The van der Waals surface area contributed by atoms with Crippen molar-refractivity contribution in [2.45, 2.75) is 26.3 Å². The second-order valence-corrected chi connectivity index (χ2v) is 7.44. The number of aliphatic imine (C=N–C) groups is 1. The van der Waals surface area contributed by atoms with Crippen LogP contribution in [-0.2, 0) is 24.2 Å². The van der Waals surface area contributed by atoms with E-state index in [0.29, 0.717) is 12.5 Å². The summed E-state index contributed by atoms with van der Waals surface area (Å²) in [4.78, 5) is 20.4. The maximum Gasteiger partial charge on any atom is 0.243 e. The average molecular weight is 500 g/mol. The second-order valence-electron chi connectivity index (χ2n) is 6.19. The van der Waals surface area contributed by atoms with Crippen molar-refractivity contribution in [3.05, 3.63) is 57.8 Å². The molecule has 1 aromatic carbocycles. The second kappa shape index (κ2) is 12.7. The van der Waals surface area contributed by atoms with E-state index in [9.17, 15) is 4.79 Å². The van der Waals surface area contributed by atoms with Gasteiger partial charge in [0.05, 0.1) is 6.54 Å². The third-order valence-electron chi connectivity index (χ3n) is 3.92. The summed E-state index contributed by atoms with van der Waals surface area (Å²) in [7, 11) is 3.48. The lowest BCUT2D eigenvalue weighted by atomic mass is 10.1. The normalized spacial score (nSPS) is 10.9. The number of carbonyl (C=O) groups is 1. The van der Waals surface area contributed by atoms with Crippen molar-refractivity contribution in [3.8, 4) is 0 Å². The maximum atomic E-state index is 11.8. The first-order chi connectivity index (χ1) is 12.6. The number of halogens is 1. The number of likely N-dealkylation sites (N-methyl/N-ethyl adjacent to an activating group) is 1. The molecule has 0 fully saturated rings. The fraction of sp³-hybridized carbons (Fsp3) is 0.400. The molecule has 2 rings (SSSR count). The number of rotatable bonds is 8. The molecular formula is C20H29IN4OS. The molecule has 0 atom stereocenters. The lowest BCUT2D eigenvalue weighted by molar-refractivity contribution is -0.127. The van der Waals surface area contributed by atoms with Crippen LogP contribution in [0.2, 0.25) is 0 Å². The summed E-state index contributed by atoms with van der Waals surface area (Å²) in [5.74, 6) is 0.654. The van der Waals surface area contributed by atoms with Gasteiger partial charge in [-0.25, -0.2) is 4.99 Å². The van der Waals surface area contributed by atoms with E-state index in [1.54, 1.807) is 30.3 Å². The number of hydrogen-bond donors (Lipinski definition) is 2. The lowest BCUT2D eigenvalue weighted by Crippen LogP contribution is -2.39. The van der Waals surface area contributed by atoms with Crippen LogP contribution in [-0.4, -0.2) is 44.0 Å². The fourth-order valence-electron chi connectivity index (χ4n) is 2.31. The number of thiophene rings is 1. The highest BCUT2D eigenvalue weighted by atomic mass is 127. The van der Waals surface area contributed by atoms with Gasteiger partial charge in [-0.2, -0.15) is 0 Å². The Morgan fingerprint density at radius 3 is 2.41 bits per heavy atom. The maximum absolute atomic E-state index is 11.8. The van der Waals surface area contributed by atoms with E-state index in [2.05, 4.69) is 46.8 Å². The van der Waals surface area contributed by atoms with Crippen LogP contribution in [0, 0.1) is 0 Å². The summed E-state index contributed by atoms with van der Waals surface area (Å²) < 4.78 is 0. The minimum atomic E-state index is -0.0152. The van der Waals surface area contributed by atoms with Crippen molar-refractivity contribution >= 4 is 47.2 Å². The first-order valence-electron chi connectivity index (χ1n) is 8.92. The molecule has 0 aliphatic carbocycles. The van der Waals surface area contributed by atoms with E-state index in [-0.39, 0.29) is 36.4 Å². The van der Waals surface area contributed by atoms with Crippen molar-refractivity contribution in [2.24, 2.45) is 4.99 Å². The molecule has 0 aliphatic heterocycles. The first kappa shape index (κ1) is 23.4. The van der Waals surface area contributed by atoms with Crippen molar-refractivity contribution in [1.29, 1.82) is 0 Å². The van der Waals surface area contributed by atoms with E-state index < -0.39 is 0 Å². The predicted octanol–water partition coefficient (Wildman–Crippen LogP) is 3.29. The van der Waals surface area contributed by atoms with Crippen LogP contribution in [0.5, 0.6) is 0 Å². The minimum absolute atomic E-state index is 0. The van der Waals surface area contributed by atoms with Crippen molar-refractivity contribution in [2.75, 3.05) is 27.2 Å². The van der Waals surface area contributed by atoms with Crippen LogP contribution in [0.4, 0.5) is 0 Å². The number of nitrogens with zero attached hydrogens (tertiary/aromatic N) is 2. The highest BCUT2D eigenvalue weighted by Gasteiger charge is 2.06. The number of guanidine groups is 1. The molecule has 0 radical (unpaired) electrons. The predicted molar refractivity (Wildman–Crippen MR) is 125 cm³/mol. The topological polar surface area (TPSA) is 56.7 Å². The van der Waals surface area contributed by atoms with Gasteiger partial charge in [0.15, 0.2) is 5.96 Å². The molecule has 1 amide bonds. The smallest absolute Gasteiger partial charge is 0.243 e. The number of nitrogens with one attached hydrogen (secondary N) is 2. The number of hydrogen-bond acceptors (Lipinski definition) is 3. The lowest BCUT2D eigenvalue weighted by Gasteiger charge is -2.13. The van der Waals surface area contributed by atoms with Gasteiger partial charge >= 0.3 is 0 Å². The Balaban J connectivity index is 0.00000364. The third-order valence-corrected chi connectivity index (χ3v) is 5.15.